The normalized spacial score (nSPS) is 19.6. The van der Waals surface area contributed by atoms with Crippen LogP contribution in [0.1, 0.15) is 53.1 Å². The summed E-state index contributed by atoms with van der Waals surface area (Å²) in [5.74, 6) is -1.48. The molecule has 4 rings (SSSR count). The van der Waals surface area contributed by atoms with Gasteiger partial charge in [-0.3, -0.25) is 14.5 Å². The van der Waals surface area contributed by atoms with Crippen molar-refractivity contribution in [3.8, 4) is 0 Å². The number of aryl methyl sites for hydroxylation is 1. The lowest BCUT2D eigenvalue weighted by Gasteiger charge is -2.25. The highest BCUT2D eigenvalue weighted by molar-refractivity contribution is 7.17. The van der Waals surface area contributed by atoms with Gasteiger partial charge in [-0.15, -0.1) is 11.3 Å². The molecule has 168 valence electrons. The SMILES string of the molecule is CCOC(=O)c1c(NC(=O)CN2C(=O)NC(CC)(c3ccccc3)C2=O)sc2c1CCC2. The van der Waals surface area contributed by atoms with E-state index in [0.717, 1.165) is 34.6 Å². The van der Waals surface area contributed by atoms with Crippen LogP contribution in [-0.2, 0) is 32.7 Å². The van der Waals surface area contributed by atoms with Crippen molar-refractivity contribution < 1.29 is 23.9 Å². The van der Waals surface area contributed by atoms with Gasteiger partial charge >= 0.3 is 12.0 Å². The number of nitrogens with one attached hydrogen (secondary N) is 2. The molecule has 1 atom stereocenters. The predicted octanol–water partition coefficient (Wildman–Crippen LogP) is 3.21. The largest absolute Gasteiger partial charge is 0.462 e. The summed E-state index contributed by atoms with van der Waals surface area (Å²) in [6.45, 7) is 3.34. The Morgan fingerprint density at radius 1 is 1.19 bits per heavy atom. The van der Waals surface area contributed by atoms with Crippen molar-refractivity contribution in [3.05, 3.63) is 51.9 Å². The minimum Gasteiger partial charge on any atom is -0.462 e. The number of imide groups is 1. The second kappa shape index (κ2) is 8.74. The number of ether oxygens (including phenoxy) is 1. The third kappa shape index (κ3) is 3.66. The van der Waals surface area contributed by atoms with Gasteiger partial charge in [-0.25, -0.2) is 9.59 Å². The zero-order chi connectivity index (χ0) is 22.9. The molecule has 9 heteroatoms. The van der Waals surface area contributed by atoms with E-state index >= 15 is 0 Å². The molecular formula is C23H25N3O5S. The van der Waals surface area contributed by atoms with E-state index in [1.165, 1.54) is 11.3 Å². The van der Waals surface area contributed by atoms with Crippen LogP contribution in [0.15, 0.2) is 30.3 Å². The third-order valence-corrected chi connectivity index (χ3v) is 7.14. The zero-order valence-corrected chi connectivity index (χ0v) is 18.8. The summed E-state index contributed by atoms with van der Waals surface area (Å²) in [7, 11) is 0. The number of anilines is 1. The van der Waals surface area contributed by atoms with Gasteiger partial charge in [0.2, 0.25) is 5.91 Å². The van der Waals surface area contributed by atoms with Crippen molar-refractivity contribution in [1.29, 1.82) is 0 Å². The molecule has 32 heavy (non-hydrogen) atoms. The molecule has 1 aliphatic carbocycles. The summed E-state index contributed by atoms with van der Waals surface area (Å²) in [5.41, 5.74) is 0.789. The average Bonchev–Trinajstić information content (AvgIpc) is 3.42. The summed E-state index contributed by atoms with van der Waals surface area (Å²) in [4.78, 5) is 53.2. The molecule has 8 nitrogen and oxygen atoms in total. The molecule has 1 fully saturated rings. The number of carbonyl (C=O) groups excluding carboxylic acids is 4. The predicted molar refractivity (Wildman–Crippen MR) is 120 cm³/mol. The maximum atomic E-state index is 13.2. The van der Waals surface area contributed by atoms with E-state index in [-0.39, 0.29) is 6.61 Å². The van der Waals surface area contributed by atoms with E-state index in [0.29, 0.717) is 22.5 Å². The molecule has 1 aliphatic heterocycles. The van der Waals surface area contributed by atoms with Crippen LogP contribution < -0.4 is 10.6 Å². The number of hydrogen-bond donors (Lipinski definition) is 2. The monoisotopic (exact) mass is 455 g/mol. The first-order valence-electron chi connectivity index (χ1n) is 10.7. The minimum atomic E-state index is -1.20. The number of thiophene rings is 1. The number of esters is 1. The molecule has 0 spiro atoms. The zero-order valence-electron chi connectivity index (χ0n) is 18.0. The van der Waals surface area contributed by atoms with Crippen molar-refractivity contribution in [2.24, 2.45) is 0 Å². The summed E-state index contributed by atoms with van der Waals surface area (Å²) in [6.07, 6.45) is 2.93. The van der Waals surface area contributed by atoms with Gasteiger partial charge in [0.1, 0.15) is 17.1 Å². The first-order chi connectivity index (χ1) is 15.4. The van der Waals surface area contributed by atoms with Crippen molar-refractivity contribution in [1.82, 2.24) is 10.2 Å². The highest BCUT2D eigenvalue weighted by Gasteiger charge is 2.51. The Kier molecular flexibility index (Phi) is 6.01. The Hall–Kier alpha value is -3.20. The molecule has 2 heterocycles. The number of carbonyl (C=O) groups is 4. The topological polar surface area (TPSA) is 105 Å². The van der Waals surface area contributed by atoms with Crippen molar-refractivity contribution in [2.75, 3.05) is 18.5 Å². The van der Waals surface area contributed by atoms with Crippen LogP contribution >= 0.6 is 11.3 Å². The maximum Gasteiger partial charge on any atom is 0.341 e. The van der Waals surface area contributed by atoms with Crippen LogP contribution in [0, 0.1) is 0 Å². The van der Waals surface area contributed by atoms with Gasteiger partial charge < -0.3 is 15.4 Å². The molecule has 0 radical (unpaired) electrons. The van der Waals surface area contributed by atoms with Crippen LogP contribution in [0.5, 0.6) is 0 Å². The molecule has 2 aliphatic rings. The number of urea groups is 1. The first-order valence-corrected chi connectivity index (χ1v) is 11.5. The van der Waals surface area contributed by atoms with Crippen LogP contribution in [0.4, 0.5) is 9.80 Å². The van der Waals surface area contributed by atoms with Crippen LogP contribution in [-0.4, -0.2) is 41.9 Å². The third-order valence-electron chi connectivity index (χ3n) is 5.93. The van der Waals surface area contributed by atoms with Crippen molar-refractivity contribution in [3.63, 3.8) is 0 Å². The molecule has 1 aromatic carbocycles. The van der Waals surface area contributed by atoms with Gasteiger partial charge in [0.05, 0.1) is 12.2 Å². The average molecular weight is 456 g/mol. The number of rotatable bonds is 7. The van der Waals surface area contributed by atoms with Crippen molar-refractivity contribution in [2.45, 2.75) is 45.1 Å². The summed E-state index contributed by atoms with van der Waals surface area (Å²) in [5, 5.41) is 5.92. The second-order valence-corrected chi connectivity index (χ2v) is 8.88. The highest BCUT2D eigenvalue weighted by Crippen LogP contribution is 2.39. The van der Waals surface area contributed by atoms with Crippen molar-refractivity contribution >= 4 is 40.2 Å². The van der Waals surface area contributed by atoms with Gasteiger partial charge in [0, 0.05) is 4.88 Å². The van der Waals surface area contributed by atoms with E-state index in [9.17, 15) is 19.2 Å². The fraction of sp³-hybridized carbons (Fsp3) is 0.391. The quantitative estimate of drug-likeness (QED) is 0.493. The van der Waals surface area contributed by atoms with Gasteiger partial charge in [0.25, 0.3) is 5.91 Å². The number of fused-ring (bicyclic) bond motifs is 1. The molecular weight excluding hydrogens is 430 g/mol. The molecule has 1 aromatic heterocycles. The van der Waals surface area contributed by atoms with Gasteiger partial charge in [0.15, 0.2) is 0 Å². The molecule has 0 bridgehead atoms. The smallest absolute Gasteiger partial charge is 0.341 e. The van der Waals surface area contributed by atoms with E-state index in [1.807, 2.05) is 13.0 Å². The number of hydrogen-bond acceptors (Lipinski definition) is 6. The Bertz CT molecular complexity index is 1080. The lowest BCUT2D eigenvalue weighted by Crippen LogP contribution is -2.44. The Morgan fingerprint density at radius 2 is 1.94 bits per heavy atom. The maximum absolute atomic E-state index is 13.2. The Labute approximate surface area is 189 Å². The molecule has 2 aromatic rings. The van der Waals surface area contributed by atoms with E-state index < -0.39 is 35.9 Å². The van der Waals surface area contributed by atoms with Gasteiger partial charge in [-0.05, 0) is 43.7 Å². The van der Waals surface area contributed by atoms with E-state index in [2.05, 4.69) is 10.6 Å². The Morgan fingerprint density at radius 3 is 2.62 bits per heavy atom. The molecule has 0 saturated carbocycles. The number of amides is 4. The lowest BCUT2D eigenvalue weighted by molar-refractivity contribution is -0.134. The van der Waals surface area contributed by atoms with Crippen LogP contribution in [0.2, 0.25) is 0 Å². The first kappa shape index (κ1) is 22.0. The molecule has 1 saturated heterocycles. The van der Waals surface area contributed by atoms with Crippen LogP contribution in [0.25, 0.3) is 0 Å². The Balaban J connectivity index is 1.54. The molecule has 2 N–H and O–H groups in total. The lowest BCUT2D eigenvalue weighted by atomic mass is 9.87. The number of benzene rings is 1. The fourth-order valence-electron chi connectivity index (χ4n) is 4.35. The van der Waals surface area contributed by atoms with E-state index in [1.54, 1.807) is 31.2 Å². The summed E-state index contributed by atoms with van der Waals surface area (Å²) in [6, 6.07) is 8.38. The van der Waals surface area contributed by atoms with Crippen LogP contribution in [0.3, 0.4) is 0 Å². The fourth-order valence-corrected chi connectivity index (χ4v) is 5.65. The summed E-state index contributed by atoms with van der Waals surface area (Å²) >= 11 is 1.36. The van der Waals surface area contributed by atoms with Gasteiger partial charge in [-0.2, -0.15) is 0 Å². The summed E-state index contributed by atoms with van der Waals surface area (Å²) < 4.78 is 5.18. The highest BCUT2D eigenvalue weighted by atomic mass is 32.1. The number of nitrogens with zero attached hydrogens (tertiary/aromatic N) is 1. The van der Waals surface area contributed by atoms with E-state index in [4.69, 9.17) is 4.74 Å². The second-order valence-electron chi connectivity index (χ2n) is 7.78. The standard InChI is InChI=1S/C23H25N3O5S/c1-3-23(14-9-6-5-7-10-14)21(29)26(22(30)25-23)13-17(27)24-19-18(20(28)31-4-2)15-11-8-12-16(15)32-19/h5-7,9-10H,3-4,8,11-13H2,1-2H3,(H,24,27)(H,25,30). The molecule has 4 amide bonds. The van der Waals surface area contributed by atoms with Gasteiger partial charge in [-0.1, -0.05) is 37.3 Å². The minimum absolute atomic E-state index is 0.234. The molecule has 1 unspecified atom stereocenters.